The highest BCUT2D eigenvalue weighted by Crippen LogP contribution is 2.23. The summed E-state index contributed by atoms with van der Waals surface area (Å²) in [5.41, 5.74) is 0.863. The summed E-state index contributed by atoms with van der Waals surface area (Å²) >= 11 is 12.5. The van der Waals surface area contributed by atoms with Crippen molar-refractivity contribution in [2.45, 2.75) is 0 Å². The van der Waals surface area contributed by atoms with Gasteiger partial charge >= 0.3 is 11.9 Å². The highest BCUT2D eigenvalue weighted by atomic mass is 127. The number of hydrogen-bond acceptors (Lipinski definition) is 7. The predicted molar refractivity (Wildman–Crippen MR) is 181 cm³/mol. The molecule has 0 heterocycles. The summed E-state index contributed by atoms with van der Waals surface area (Å²) in [4.78, 5) is 60.3. The van der Waals surface area contributed by atoms with Crippen LogP contribution in [0.5, 0.6) is 0 Å². The van der Waals surface area contributed by atoms with Crippen molar-refractivity contribution in [2.75, 3.05) is 26.3 Å². The van der Waals surface area contributed by atoms with Crippen LogP contribution in [0.3, 0.4) is 0 Å². The van der Waals surface area contributed by atoms with Crippen LogP contribution < -0.4 is 10.6 Å². The number of nitrogens with one attached hydrogen (secondary N) is 2. The van der Waals surface area contributed by atoms with E-state index in [1.165, 1.54) is 0 Å². The minimum Gasteiger partial charge on any atom is -0.456 e. The smallest absolute Gasteiger partial charge is 0.325 e. The Morgan fingerprint density at radius 2 is 0.972 bits per heavy atom. The van der Waals surface area contributed by atoms with Crippen LogP contribution in [-0.4, -0.2) is 55.8 Å². The molecule has 2 aromatic rings. The molecule has 36 heavy (non-hydrogen) atoms. The normalized spacial score (nSPS) is 10.4. The van der Waals surface area contributed by atoms with Gasteiger partial charge in [0.05, 0.1) is 11.1 Å². The van der Waals surface area contributed by atoms with Crippen molar-refractivity contribution in [1.29, 1.82) is 0 Å². The van der Waals surface area contributed by atoms with E-state index in [9.17, 15) is 24.0 Å². The van der Waals surface area contributed by atoms with Crippen molar-refractivity contribution in [3.8, 4) is 0 Å². The van der Waals surface area contributed by atoms with Gasteiger partial charge in [-0.15, -0.1) is 0 Å². The molecule has 0 atom stereocenters. The standard InChI is InChI=1S/C21H14I6N2O7/c22-9-1-12(18(26)14(24)3-9)20(33)28-5-16(31)35-7-11(30)8-36-17(32)6-29-21(34)13-2-10(23)4-15(25)19(13)27/h1-4H,5-8H2,(H,28,33)(H,29,34). The van der Waals surface area contributed by atoms with Crippen molar-refractivity contribution < 1.29 is 33.4 Å². The van der Waals surface area contributed by atoms with Gasteiger partial charge in [0.15, 0.2) is 13.2 Å². The third kappa shape index (κ3) is 10.5. The first-order valence-corrected chi connectivity index (χ1v) is 16.0. The molecule has 0 radical (unpaired) electrons. The molecule has 2 amide bonds. The SMILES string of the molecule is O=C(COC(=O)CNC(=O)c1cc(I)cc(I)c1I)COC(=O)CNC(=O)c1cc(I)cc(I)c1I. The van der Waals surface area contributed by atoms with E-state index in [1.54, 1.807) is 12.1 Å². The van der Waals surface area contributed by atoms with Gasteiger partial charge < -0.3 is 20.1 Å². The molecule has 2 N–H and O–H groups in total. The summed E-state index contributed by atoms with van der Waals surface area (Å²) < 4.78 is 14.7. The predicted octanol–water partition coefficient (Wildman–Crippen LogP) is 4.13. The monoisotopic (exact) mass is 1170 g/mol. The second-order valence-corrected chi connectivity index (χ2v) is 13.7. The van der Waals surface area contributed by atoms with E-state index < -0.39 is 55.8 Å². The van der Waals surface area contributed by atoms with Gasteiger partial charge in [-0.2, -0.15) is 0 Å². The molecule has 0 saturated heterocycles. The van der Waals surface area contributed by atoms with E-state index in [0.717, 1.165) is 21.4 Å². The number of halogens is 6. The van der Waals surface area contributed by atoms with E-state index in [2.05, 4.69) is 146 Å². The van der Waals surface area contributed by atoms with Gasteiger partial charge in [0.2, 0.25) is 5.78 Å². The molecule has 9 nitrogen and oxygen atoms in total. The van der Waals surface area contributed by atoms with E-state index in [-0.39, 0.29) is 0 Å². The van der Waals surface area contributed by atoms with Crippen LogP contribution in [0.1, 0.15) is 20.7 Å². The molecule has 2 rings (SSSR count). The van der Waals surface area contributed by atoms with Gasteiger partial charge in [-0.05, 0) is 160 Å². The molecule has 0 spiro atoms. The number of Topliss-reactive ketones (excluding diaryl/α,β-unsaturated/α-hetero) is 1. The molecular weight excluding hydrogens is 1150 g/mol. The average Bonchev–Trinajstić information content (AvgIpc) is 2.82. The summed E-state index contributed by atoms with van der Waals surface area (Å²) in [5, 5.41) is 4.91. The molecule has 0 aromatic heterocycles. The quantitative estimate of drug-likeness (QED) is 0.208. The van der Waals surface area contributed by atoms with Crippen molar-refractivity contribution in [3.05, 3.63) is 56.8 Å². The number of esters is 2. The number of ketones is 1. The summed E-state index contributed by atoms with van der Waals surface area (Å²) in [5.74, 6) is -3.16. The van der Waals surface area contributed by atoms with Gasteiger partial charge in [-0.25, -0.2) is 0 Å². The van der Waals surface area contributed by atoms with Crippen LogP contribution in [-0.2, 0) is 23.9 Å². The van der Waals surface area contributed by atoms with E-state index >= 15 is 0 Å². The van der Waals surface area contributed by atoms with Crippen LogP contribution in [0.25, 0.3) is 0 Å². The zero-order valence-corrected chi connectivity index (χ0v) is 30.7. The Kier molecular flexibility index (Phi) is 14.3. The van der Waals surface area contributed by atoms with Crippen LogP contribution in [0, 0.1) is 21.4 Å². The van der Waals surface area contributed by atoms with Crippen molar-refractivity contribution in [3.63, 3.8) is 0 Å². The molecule has 0 saturated carbocycles. The van der Waals surface area contributed by atoms with Crippen LogP contribution in [0.15, 0.2) is 24.3 Å². The lowest BCUT2D eigenvalue weighted by Gasteiger charge is -2.10. The van der Waals surface area contributed by atoms with Gasteiger partial charge in [0.25, 0.3) is 11.8 Å². The second-order valence-electron chi connectivity index (χ2n) is 6.72. The first kappa shape index (κ1) is 32.6. The lowest BCUT2D eigenvalue weighted by molar-refractivity contribution is -0.152. The van der Waals surface area contributed by atoms with Gasteiger partial charge in [-0.3, -0.25) is 24.0 Å². The summed E-state index contributed by atoms with van der Waals surface area (Å²) in [6.07, 6.45) is 0. The summed E-state index contributed by atoms with van der Waals surface area (Å²) in [6, 6.07) is 7.25. The van der Waals surface area contributed by atoms with Crippen molar-refractivity contribution >= 4 is 165 Å². The maximum absolute atomic E-state index is 12.4. The van der Waals surface area contributed by atoms with Crippen molar-refractivity contribution in [2.24, 2.45) is 0 Å². The lowest BCUT2D eigenvalue weighted by atomic mass is 10.2. The molecule has 192 valence electrons. The maximum Gasteiger partial charge on any atom is 0.325 e. The van der Waals surface area contributed by atoms with Gasteiger partial charge in [-0.1, -0.05) is 0 Å². The highest BCUT2D eigenvalue weighted by Gasteiger charge is 2.17. The molecule has 15 heteroatoms. The van der Waals surface area contributed by atoms with Gasteiger partial charge in [0.1, 0.15) is 13.1 Å². The first-order valence-electron chi connectivity index (χ1n) is 9.57. The molecule has 0 bridgehead atoms. The fourth-order valence-electron chi connectivity index (χ4n) is 2.40. The highest BCUT2D eigenvalue weighted by molar-refractivity contribution is 14.1. The fraction of sp³-hybridized carbons (Fsp3) is 0.190. The number of carbonyl (C=O) groups is 5. The Bertz CT molecular complexity index is 1130. The molecule has 0 fully saturated rings. The van der Waals surface area contributed by atoms with Crippen LogP contribution in [0.4, 0.5) is 0 Å². The van der Waals surface area contributed by atoms with E-state index in [0.29, 0.717) is 11.1 Å². The number of ether oxygens (including phenoxy) is 2. The summed E-state index contributed by atoms with van der Waals surface area (Å²) in [7, 11) is 0. The largest absolute Gasteiger partial charge is 0.456 e. The molecule has 2 aromatic carbocycles. The number of amides is 2. The lowest BCUT2D eigenvalue weighted by Crippen LogP contribution is -2.33. The Hall–Kier alpha value is 0.370. The zero-order chi connectivity index (χ0) is 27.0. The topological polar surface area (TPSA) is 128 Å². The Morgan fingerprint density at radius 3 is 1.33 bits per heavy atom. The molecular formula is C21H14I6N2O7. The second kappa shape index (κ2) is 15.8. The zero-order valence-electron chi connectivity index (χ0n) is 17.8. The maximum atomic E-state index is 12.4. The van der Waals surface area contributed by atoms with Crippen LogP contribution >= 0.6 is 136 Å². The van der Waals surface area contributed by atoms with Crippen LogP contribution in [0.2, 0.25) is 0 Å². The molecule has 0 aliphatic heterocycles. The Labute approximate surface area is 287 Å². The molecule has 0 aliphatic carbocycles. The minimum atomic E-state index is -0.813. The third-order valence-electron chi connectivity index (χ3n) is 4.05. The first-order chi connectivity index (χ1) is 16.9. The van der Waals surface area contributed by atoms with Gasteiger partial charge in [0, 0.05) is 21.4 Å². The summed E-state index contributed by atoms with van der Waals surface area (Å²) in [6.45, 7) is -2.09. The fourth-order valence-corrected chi connectivity index (χ4v) is 7.21. The number of hydrogen-bond donors (Lipinski definition) is 2. The number of rotatable bonds is 10. The third-order valence-corrected chi connectivity index (χ3v) is 11.4. The minimum absolute atomic E-state index is 0.424. The van der Waals surface area contributed by atoms with Crippen molar-refractivity contribution in [1.82, 2.24) is 10.6 Å². The number of carbonyl (C=O) groups excluding carboxylic acids is 5. The average molecular weight is 1170 g/mol. The van der Waals surface area contributed by atoms with E-state index in [4.69, 9.17) is 9.47 Å². The molecule has 0 unspecified atom stereocenters. The molecule has 0 aliphatic rings. The number of benzene rings is 2. The Balaban J connectivity index is 1.70. The van der Waals surface area contributed by atoms with E-state index in [1.807, 2.05) is 12.1 Å². The Morgan fingerprint density at radius 1 is 0.611 bits per heavy atom.